The van der Waals surface area contributed by atoms with Gasteiger partial charge in [0.15, 0.2) is 5.96 Å². The second-order valence-electron chi connectivity index (χ2n) is 6.63. The summed E-state index contributed by atoms with van der Waals surface area (Å²) in [6.07, 6.45) is 4.64. The number of aliphatic imine (C=N–C) groups is 1. The molecule has 5 nitrogen and oxygen atoms in total. The average Bonchev–Trinajstić information content (AvgIpc) is 3.11. The van der Waals surface area contributed by atoms with Crippen molar-refractivity contribution in [1.29, 1.82) is 0 Å². The van der Waals surface area contributed by atoms with Crippen molar-refractivity contribution in [3.63, 3.8) is 0 Å². The molecule has 0 aromatic heterocycles. The predicted molar refractivity (Wildman–Crippen MR) is 118 cm³/mol. The van der Waals surface area contributed by atoms with E-state index in [4.69, 9.17) is 9.47 Å². The molecule has 1 saturated heterocycles. The number of guanidine groups is 1. The fourth-order valence-electron chi connectivity index (χ4n) is 3.16. The highest BCUT2D eigenvalue weighted by Crippen LogP contribution is 2.17. The van der Waals surface area contributed by atoms with Gasteiger partial charge in [-0.3, -0.25) is 4.99 Å². The van der Waals surface area contributed by atoms with Gasteiger partial charge in [-0.1, -0.05) is 30.3 Å². The first-order valence-corrected chi connectivity index (χ1v) is 9.39. The summed E-state index contributed by atoms with van der Waals surface area (Å²) >= 11 is 0. The van der Waals surface area contributed by atoms with E-state index in [0.29, 0.717) is 12.5 Å². The Morgan fingerprint density at radius 3 is 2.77 bits per heavy atom. The van der Waals surface area contributed by atoms with E-state index >= 15 is 0 Å². The number of hydrogen-bond acceptors (Lipinski definition) is 3. The van der Waals surface area contributed by atoms with Crippen LogP contribution in [0, 0.1) is 5.92 Å². The van der Waals surface area contributed by atoms with Crippen LogP contribution in [-0.4, -0.2) is 57.9 Å². The minimum absolute atomic E-state index is 0. The number of likely N-dealkylation sites (tertiary alicyclic amines) is 1. The summed E-state index contributed by atoms with van der Waals surface area (Å²) < 4.78 is 11.0. The lowest BCUT2D eigenvalue weighted by atomic mass is 10.1. The number of unbranched alkanes of at least 4 members (excludes halogenated alkanes) is 2. The molecule has 1 N–H and O–H groups in total. The molecule has 0 radical (unpaired) electrons. The number of benzene rings is 1. The minimum Gasteiger partial charge on any atom is -0.385 e. The molecule has 0 spiro atoms. The smallest absolute Gasteiger partial charge is 0.193 e. The predicted octanol–water partition coefficient (Wildman–Crippen LogP) is 3.54. The lowest BCUT2D eigenvalue weighted by molar-refractivity contribution is 0.0907. The monoisotopic (exact) mass is 475 g/mol. The van der Waals surface area contributed by atoms with Crippen molar-refractivity contribution in [2.24, 2.45) is 10.9 Å². The van der Waals surface area contributed by atoms with E-state index in [9.17, 15) is 0 Å². The van der Waals surface area contributed by atoms with E-state index in [1.165, 1.54) is 18.4 Å². The third-order valence-corrected chi connectivity index (χ3v) is 4.57. The third-order valence-electron chi connectivity index (χ3n) is 4.57. The van der Waals surface area contributed by atoms with Crippen molar-refractivity contribution in [2.45, 2.75) is 32.3 Å². The maximum Gasteiger partial charge on any atom is 0.193 e. The molecular formula is C20H34IN3O2. The Hall–Kier alpha value is -0.860. The van der Waals surface area contributed by atoms with Crippen molar-refractivity contribution >= 4 is 29.9 Å². The van der Waals surface area contributed by atoms with Gasteiger partial charge in [-0.25, -0.2) is 0 Å². The number of rotatable bonds is 10. The maximum atomic E-state index is 5.90. The zero-order chi connectivity index (χ0) is 17.7. The van der Waals surface area contributed by atoms with Gasteiger partial charge < -0.3 is 19.7 Å². The SMILES string of the molecule is CN=C(NCCCCCOC)N1CCC(COCc2ccccc2)C1.I. The van der Waals surface area contributed by atoms with Crippen LogP contribution in [0.15, 0.2) is 35.3 Å². The standard InChI is InChI=1S/C20H33N3O2.HI/c1-21-20(22-12-7-4-8-14-24-2)23-13-11-19(15-23)17-25-16-18-9-5-3-6-10-18;/h3,5-6,9-10,19H,4,7-8,11-17H2,1-2H3,(H,21,22);1H. The topological polar surface area (TPSA) is 46.1 Å². The summed E-state index contributed by atoms with van der Waals surface area (Å²) in [5, 5.41) is 3.49. The molecule has 0 amide bonds. The van der Waals surface area contributed by atoms with Crippen LogP contribution in [0.1, 0.15) is 31.2 Å². The van der Waals surface area contributed by atoms with Crippen LogP contribution in [0.4, 0.5) is 0 Å². The van der Waals surface area contributed by atoms with E-state index in [1.54, 1.807) is 7.11 Å². The number of methoxy groups -OCH3 is 1. The molecule has 1 unspecified atom stereocenters. The molecule has 1 atom stereocenters. The summed E-state index contributed by atoms with van der Waals surface area (Å²) in [7, 11) is 3.62. The molecule has 1 aliphatic rings. The zero-order valence-corrected chi connectivity index (χ0v) is 18.5. The normalized spacial score (nSPS) is 17.2. The van der Waals surface area contributed by atoms with Crippen molar-refractivity contribution in [1.82, 2.24) is 10.2 Å². The Labute approximate surface area is 175 Å². The molecule has 1 aromatic rings. The molecular weight excluding hydrogens is 441 g/mol. The minimum atomic E-state index is 0. The zero-order valence-electron chi connectivity index (χ0n) is 16.2. The van der Waals surface area contributed by atoms with Gasteiger partial charge in [0.05, 0.1) is 13.2 Å². The Morgan fingerprint density at radius 2 is 2.04 bits per heavy atom. The van der Waals surface area contributed by atoms with E-state index in [-0.39, 0.29) is 24.0 Å². The highest BCUT2D eigenvalue weighted by atomic mass is 127. The second kappa shape index (κ2) is 14.2. The van der Waals surface area contributed by atoms with E-state index in [0.717, 1.165) is 51.6 Å². The average molecular weight is 475 g/mol. The van der Waals surface area contributed by atoms with Crippen molar-refractivity contribution in [3.05, 3.63) is 35.9 Å². The van der Waals surface area contributed by atoms with E-state index in [2.05, 4.69) is 39.5 Å². The van der Waals surface area contributed by atoms with Crippen LogP contribution >= 0.6 is 24.0 Å². The Bertz CT molecular complexity index is 499. The summed E-state index contributed by atoms with van der Waals surface area (Å²) in [5.41, 5.74) is 1.24. The lowest BCUT2D eigenvalue weighted by Crippen LogP contribution is -2.40. The molecule has 0 aliphatic carbocycles. The fraction of sp³-hybridized carbons (Fsp3) is 0.650. The lowest BCUT2D eigenvalue weighted by Gasteiger charge is -2.21. The third kappa shape index (κ3) is 8.68. The summed E-state index contributed by atoms with van der Waals surface area (Å²) in [4.78, 5) is 6.79. The molecule has 1 heterocycles. The van der Waals surface area contributed by atoms with Gasteiger partial charge in [-0.15, -0.1) is 24.0 Å². The summed E-state index contributed by atoms with van der Waals surface area (Å²) in [6.45, 7) is 5.43. The number of ether oxygens (including phenoxy) is 2. The molecule has 6 heteroatoms. The van der Waals surface area contributed by atoms with Crippen molar-refractivity contribution in [2.75, 3.05) is 47.0 Å². The van der Waals surface area contributed by atoms with Crippen LogP contribution in [0.5, 0.6) is 0 Å². The van der Waals surface area contributed by atoms with Gasteiger partial charge in [0, 0.05) is 46.3 Å². The van der Waals surface area contributed by atoms with Crippen LogP contribution < -0.4 is 5.32 Å². The van der Waals surface area contributed by atoms with Crippen LogP contribution in [-0.2, 0) is 16.1 Å². The molecule has 2 rings (SSSR count). The van der Waals surface area contributed by atoms with Gasteiger partial charge in [-0.2, -0.15) is 0 Å². The first kappa shape index (κ1) is 23.2. The number of nitrogens with one attached hydrogen (secondary N) is 1. The number of nitrogens with zero attached hydrogens (tertiary/aromatic N) is 2. The van der Waals surface area contributed by atoms with E-state index < -0.39 is 0 Å². The van der Waals surface area contributed by atoms with E-state index in [1.807, 2.05) is 13.1 Å². The first-order chi connectivity index (χ1) is 12.3. The molecule has 26 heavy (non-hydrogen) atoms. The Kier molecular flexibility index (Phi) is 12.7. The Morgan fingerprint density at radius 1 is 1.23 bits per heavy atom. The molecule has 148 valence electrons. The molecule has 1 aliphatic heterocycles. The van der Waals surface area contributed by atoms with Crippen molar-refractivity contribution < 1.29 is 9.47 Å². The van der Waals surface area contributed by atoms with Gasteiger partial charge >= 0.3 is 0 Å². The van der Waals surface area contributed by atoms with Crippen molar-refractivity contribution in [3.8, 4) is 0 Å². The highest BCUT2D eigenvalue weighted by molar-refractivity contribution is 14.0. The largest absolute Gasteiger partial charge is 0.385 e. The molecule has 0 bridgehead atoms. The summed E-state index contributed by atoms with van der Waals surface area (Å²) in [6, 6.07) is 10.4. The molecule has 0 saturated carbocycles. The van der Waals surface area contributed by atoms with Gasteiger partial charge in [0.25, 0.3) is 0 Å². The van der Waals surface area contributed by atoms with Gasteiger partial charge in [0.2, 0.25) is 0 Å². The molecule has 1 aromatic carbocycles. The van der Waals surface area contributed by atoms with Crippen LogP contribution in [0.2, 0.25) is 0 Å². The van der Waals surface area contributed by atoms with Gasteiger partial charge in [-0.05, 0) is 31.2 Å². The Balaban J connectivity index is 0.00000338. The number of hydrogen-bond donors (Lipinski definition) is 1. The second-order valence-corrected chi connectivity index (χ2v) is 6.63. The highest BCUT2D eigenvalue weighted by Gasteiger charge is 2.24. The van der Waals surface area contributed by atoms with Crippen LogP contribution in [0.3, 0.4) is 0 Å². The fourth-order valence-corrected chi connectivity index (χ4v) is 3.16. The first-order valence-electron chi connectivity index (χ1n) is 9.39. The van der Waals surface area contributed by atoms with Crippen LogP contribution in [0.25, 0.3) is 0 Å². The quantitative estimate of drug-likeness (QED) is 0.244. The molecule has 1 fully saturated rings. The number of halogens is 1. The van der Waals surface area contributed by atoms with Gasteiger partial charge in [0.1, 0.15) is 0 Å². The maximum absolute atomic E-state index is 5.90. The summed E-state index contributed by atoms with van der Waals surface area (Å²) in [5.74, 6) is 1.61.